The van der Waals surface area contributed by atoms with Crippen LogP contribution in [0.15, 0.2) is 24.3 Å². The number of ether oxygens (including phenoxy) is 1. The molecule has 0 bridgehead atoms. The number of rotatable bonds is 3. The number of hydrogen-bond acceptors (Lipinski definition) is 3. The fourth-order valence-corrected chi connectivity index (χ4v) is 3.31. The Morgan fingerprint density at radius 1 is 1.17 bits per heavy atom. The maximum Gasteiger partial charge on any atom is 0.417 e. The minimum absolute atomic E-state index is 0.261. The third-order valence-electron chi connectivity index (χ3n) is 4.66. The molecule has 0 aromatic heterocycles. The molecule has 0 spiro atoms. The molecule has 7 heteroatoms. The van der Waals surface area contributed by atoms with Gasteiger partial charge in [0.1, 0.15) is 0 Å². The minimum atomic E-state index is -4.52. The molecule has 0 unspecified atom stereocenters. The summed E-state index contributed by atoms with van der Waals surface area (Å²) in [5.74, 6) is -0.00928. The van der Waals surface area contributed by atoms with E-state index in [1.807, 2.05) is 0 Å². The Morgan fingerprint density at radius 2 is 1.88 bits per heavy atom. The Balaban J connectivity index is 1.61. The molecule has 0 radical (unpaired) electrons. The smallest absolute Gasteiger partial charge is 0.381 e. The van der Waals surface area contributed by atoms with Crippen LogP contribution >= 0.6 is 0 Å². The SMILES string of the molecule is O=C(c1ccccc1C(F)(F)F)N1CCN(C[C@H]2CCOC2)CC1. The normalized spacial score (nSPS) is 22.8. The maximum absolute atomic E-state index is 13.1. The molecule has 4 nitrogen and oxygen atoms in total. The van der Waals surface area contributed by atoms with E-state index in [-0.39, 0.29) is 5.56 Å². The number of piperazine rings is 1. The van der Waals surface area contributed by atoms with Gasteiger partial charge in [0.15, 0.2) is 0 Å². The van der Waals surface area contributed by atoms with Gasteiger partial charge in [-0.3, -0.25) is 9.69 Å². The summed E-state index contributed by atoms with van der Waals surface area (Å²) in [6.07, 6.45) is -3.46. The van der Waals surface area contributed by atoms with Gasteiger partial charge in [-0.25, -0.2) is 0 Å². The van der Waals surface area contributed by atoms with Gasteiger partial charge in [-0.2, -0.15) is 13.2 Å². The van der Waals surface area contributed by atoms with Crippen molar-refractivity contribution in [3.05, 3.63) is 35.4 Å². The van der Waals surface area contributed by atoms with Crippen molar-refractivity contribution in [2.75, 3.05) is 45.9 Å². The van der Waals surface area contributed by atoms with Crippen molar-refractivity contribution in [1.82, 2.24) is 9.80 Å². The van der Waals surface area contributed by atoms with Crippen LogP contribution in [0.5, 0.6) is 0 Å². The second-order valence-electron chi connectivity index (χ2n) is 6.37. The Kier molecular flexibility index (Phi) is 5.10. The highest BCUT2D eigenvalue weighted by Gasteiger charge is 2.36. The molecule has 2 heterocycles. The lowest BCUT2D eigenvalue weighted by Gasteiger charge is -2.36. The van der Waals surface area contributed by atoms with Gasteiger partial charge in [-0.1, -0.05) is 12.1 Å². The number of nitrogens with zero attached hydrogens (tertiary/aromatic N) is 2. The highest BCUT2D eigenvalue weighted by atomic mass is 19.4. The summed E-state index contributed by atoms with van der Waals surface area (Å²) in [7, 11) is 0. The topological polar surface area (TPSA) is 32.8 Å². The molecular formula is C17H21F3N2O2. The third kappa shape index (κ3) is 3.89. The van der Waals surface area contributed by atoms with Gasteiger partial charge in [-0.15, -0.1) is 0 Å². The highest BCUT2D eigenvalue weighted by molar-refractivity contribution is 5.96. The Hall–Kier alpha value is -1.60. The largest absolute Gasteiger partial charge is 0.417 e. The molecule has 24 heavy (non-hydrogen) atoms. The summed E-state index contributed by atoms with van der Waals surface area (Å²) >= 11 is 0. The predicted octanol–water partition coefficient (Wildman–Crippen LogP) is 2.50. The third-order valence-corrected chi connectivity index (χ3v) is 4.66. The number of carbonyl (C=O) groups excluding carboxylic acids is 1. The van der Waals surface area contributed by atoms with Crippen molar-refractivity contribution in [3.8, 4) is 0 Å². The van der Waals surface area contributed by atoms with E-state index < -0.39 is 17.6 Å². The summed E-state index contributed by atoms with van der Waals surface area (Å²) in [6.45, 7) is 4.81. The summed E-state index contributed by atoms with van der Waals surface area (Å²) in [4.78, 5) is 16.3. The van der Waals surface area contributed by atoms with Crippen LogP contribution in [0.3, 0.4) is 0 Å². The highest BCUT2D eigenvalue weighted by Crippen LogP contribution is 2.32. The number of hydrogen-bond donors (Lipinski definition) is 0. The van der Waals surface area contributed by atoms with Crippen LogP contribution in [0.2, 0.25) is 0 Å². The van der Waals surface area contributed by atoms with Crippen LogP contribution in [0.4, 0.5) is 13.2 Å². The Morgan fingerprint density at radius 3 is 2.50 bits per heavy atom. The molecule has 0 N–H and O–H groups in total. The molecule has 2 aliphatic heterocycles. The van der Waals surface area contributed by atoms with Gasteiger partial charge in [0.25, 0.3) is 5.91 Å². The number of halogens is 3. The van der Waals surface area contributed by atoms with Crippen molar-refractivity contribution < 1.29 is 22.7 Å². The zero-order chi connectivity index (χ0) is 17.2. The molecule has 2 saturated heterocycles. The minimum Gasteiger partial charge on any atom is -0.381 e. The van der Waals surface area contributed by atoms with Crippen LogP contribution < -0.4 is 0 Å². The fourth-order valence-electron chi connectivity index (χ4n) is 3.31. The first-order valence-electron chi connectivity index (χ1n) is 8.21. The van der Waals surface area contributed by atoms with Gasteiger partial charge >= 0.3 is 6.18 Å². The van der Waals surface area contributed by atoms with Crippen LogP contribution in [0.25, 0.3) is 0 Å². The molecule has 0 saturated carbocycles. The first kappa shape index (κ1) is 17.2. The average molecular weight is 342 g/mol. The lowest BCUT2D eigenvalue weighted by molar-refractivity contribution is -0.138. The Labute approximate surface area is 139 Å². The van der Waals surface area contributed by atoms with Crippen molar-refractivity contribution in [3.63, 3.8) is 0 Å². The summed E-state index contributed by atoms with van der Waals surface area (Å²) < 4.78 is 44.6. The van der Waals surface area contributed by atoms with Crippen LogP contribution in [0, 0.1) is 5.92 Å². The molecule has 1 atom stereocenters. The van der Waals surface area contributed by atoms with E-state index in [4.69, 9.17) is 4.74 Å². The number of alkyl halides is 3. The van der Waals surface area contributed by atoms with Gasteiger partial charge < -0.3 is 9.64 Å². The molecule has 1 amide bonds. The van der Waals surface area contributed by atoms with Crippen molar-refractivity contribution >= 4 is 5.91 Å². The quantitative estimate of drug-likeness (QED) is 0.846. The van der Waals surface area contributed by atoms with Crippen LogP contribution in [0.1, 0.15) is 22.3 Å². The molecule has 3 rings (SSSR count). The van der Waals surface area contributed by atoms with E-state index in [9.17, 15) is 18.0 Å². The molecule has 2 fully saturated rings. The molecule has 1 aromatic carbocycles. The fraction of sp³-hybridized carbons (Fsp3) is 0.588. The second kappa shape index (κ2) is 7.11. The summed E-state index contributed by atoms with van der Waals surface area (Å²) in [5.41, 5.74) is -1.12. The first-order chi connectivity index (χ1) is 11.4. The van der Waals surface area contributed by atoms with Gasteiger partial charge in [0.2, 0.25) is 0 Å². The molecule has 0 aliphatic carbocycles. The van der Waals surface area contributed by atoms with E-state index in [0.29, 0.717) is 32.1 Å². The van der Waals surface area contributed by atoms with E-state index >= 15 is 0 Å². The average Bonchev–Trinajstić information content (AvgIpc) is 3.07. The van der Waals surface area contributed by atoms with Crippen molar-refractivity contribution in [1.29, 1.82) is 0 Å². The monoisotopic (exact) mass is 342 g/mol. The van der Waals surface area contributed by atoms with Crippen molar-refractivity contribution in [2.45, 2.75) is 12.6 Å². The molecule has 132 valence electrons. The standard InChI is InChI=1S/C17H21F3N2O2/c18-17(19,20)15-4-2-1-3-14(15)16(23)22-8-6-21(7-9-22)11-13-5-10-24-12-13/h1-4,13H,5-12H2/t13-/m1/s1. The zero-order valence-corrected chi connectivity index (χ0v) is 13.4. The predicted molar refractivity (Wildman–Crippen MR) is 82.7 cm³/mol. The number of carbonyl (C=O) groups is 1. The van der Waals surface area contributed by atoms with E-state index in [0.717, 1.165) is 32.2 Å². The van der Waals surface area contributed by atoms with Crippen LogP contribution in [-0.2, 0) is 10.9 Å². The van der Waals surface area contributed by atoms with E-state index in [1.165, 1.54) is 23.1 Å². The maximum atomic E-state index is 13.1. The van der Waals surface area contributed by atoms with E-state index in [1.54, 1.807) is 0 Å². The van der Waals surface area contributed by atoms with Gasteiger partial charge in [-0.05, 0) is 24.5 Å². The van der Waals surface area contributed by atoms with Crippen LogP contribution in [-0.4, -0.2) is 61.6 Å². The second-order valence-corrected chi connectivity index (χ2v) is 6.37. The zero-order valence-electron chi connectivity index (χ0n) is 13.4. The molecule has 2 aliphatic rings. The molecular weight excluding hydrogens is 321 g/mol. The van der Waals surface area contributed by atoms with Crippen molar-refractivity contribution in [2.24, 2.45) is 5.92 Å². The van der Waals surface area contributed by atoms with E-state index in [2.05, 4.69) is 4.90 Å². The van der Waals surface area contributed by atoms with Gasteiger partial charge in [0.05, 0.1) is 17.7 Å². The summed E-state index contributed by atoms with van der Waals surface area (Å²) in [5, 5.41) is 0. The lowest BCUT2D eigenvalue weighted by Crippen LogP contribution is -2.50. The van der Waals surface area contributed by atoms with Gasteiger partial charge in [0, 0.05) is 39.3 Å². The Bertz CT molecular complexity index is 577. The first-order valence-corrected chi connectivity index (χ1v) is 8.21. The summed E-state index contributed by atoms with van der Waals surface area (Å²) in [6, 6.07) is 5.00. The molecule has 1 aromatic rings. The number of benzene rings is 1. The lowest BCUT2D eigenvalue weighted by atomic mass is 10.0. The number of amides is 1.